The lowest BCUT2D eigenvalue weighted by Gasteiger charge is -2.40. The fourth-order valence-electron chi connectivity index (χ4n) is 4.97. The van der Waals surface area contributed by atoms with E-state index in [9.17, 15) is 4.39 Å². The highest BCUT2D eigenvalue weighted by Gasteiger charge is 2.26. The molecule has 0 unspecified atom stereocenters. The van der Waals surface area contributed by atoms with Gasteiger partial charge in [-0.1, -0.05) is 60.7 Å². The number of aryl methyl sites for hydroxylation is 1. The van der Waals surface area contributed by atoms with Gasteiger partial charge in [0.25, 0.3) is 0 Å². The van der Waals surface area contributed by atoms with Crippen LogP contribution in [0.5, 0.6) is 0 Å². The molecule has 3 aromatic carbocycles. The molecular formula is C28H30FN3. The normalized spacial score (nSPS) is 16.4. The van der Waals surface area contributed by atoms with Crippen LogP contribution in [-0.4, -0.2) is 47.5 Å². The molecule has 1 aromatic heterocycles. The van der Waals surface area contributed by atoms with Gasteiger partial charge in [-0.2, -0.15) is 0 Å². The zero-order valence-electron chi connectivity index (χ0n) is 18.4. The Kier molecular flexibility index (Phi) is 6.33. The first-order chi connectivity index (χ1) is 15.8. The Labute approximate surface area is 189 Å². The monoisotopic (exact) mass is 427 g/mol. The maximum absolute atomic E-state index is 13.5. The van der Waals surface area contributed by atoms with Crippen molar-refractivity contribution in [1.82, 2.24) is 14.8 Å². The number of aromatic amines is 1. The third kappa shape index (κ3) is 4.62. The molecule has 1 N–H and O–H groups in total. The Hall–Kier alpha value is -2.95. The first kappa shape index (κ1) is 20.9. The van der Waals surface area contributed by atoms with Crippen LogP contribution in [0.1, 0.15) is 29.2 Å². The van der Waals surface area contributed by atoms with E-state index in [2.05, 4.69) is 75.6 Å². The second-order valence-electron chi connectivity index (χ2n) is 8.71. The molecule has 1 fully saturated rings. The third-order valence-corrected chi connectivity index (χ3v) is 6.67. The minimum absolute atomic E-state index is 0.171. The summed E-state index contributed by atoms with van der Waals surface area (Å²) < 4.78 is 13.5. The van der Waals surface area contributed by atoms with Gasteiger partial charge in [-0.15, -0.1) is 0 Å². The van der Waals surface area contributed by atoms with Crippen LogP contribution in [0.25, 0.3) is 10.9 Å². The van der Waals surface area contributed by atoms with E-state index in [4.69, 9.17) is 0 Å². The number of halogens is 1. The van der Waals surface area contributed by atoms with Crippen LogP contribution in [0.15, 0.2) is 85.1 Å². The maximum atomic E-state index is 13.5. The molecule has 4 aromatic rings. The molecule has 0 amide bonds. The van der Waals surface area contributed by atoms with Gasteiger partial charge in [-0.3, -0.25) is 4.90 Å². The summed E-state index contributed by atoms with van der Waals surface area (Å²) in [7, 11) is 0. The van der Waals surface area contributed by atoms with Gasteiger partial charge in [-0.05, 0) is 54.3 Å². The van der Waals surface area contributed by atoms with E-state index in [1.54, 1.807) is 12.1 Å². The summed E-state index contributed by atoms with van der Waals surface area (Å²) in [4.78, 5) is 8.51. The van der Waals surface area contributed by atoms with Gasteiger partial charge in [0.15, 0.2) is 0 Å². The van der Waals surface area contributed by atoms with Crippen LogP contribution in [0, 0.1) is 5.82 Å². The number of hydrogen-bond donors (Lipinski definition) is 1. The summed E-state index contributed by atoms with van der Waals surface area (Å²) in [5, 5.41) is 1.35. The molecule has 0 bridgehead atoms. The molecule has 3 nitrogen and oxygen atoms in total. The Morgan fingerprint density at radius 3 is 2.25 bits per heavy atom. The van der Waals surface area contributed by atoms with E-state index in [1.165, 1.54) is 28.5 Å². The van der Waals surface area contributed by atoms with Crippen molar-refractivity contribution in [2.45, 2.75) is 18.9 Å². The van der Waals surface area contributed by atoms with Crippen molar-refractivity contribution in [3.8, 4) is 0 Å². The second-order valence-corrected chi connectivity index (χ2v) is 8.71. The number of benzene rings is 3. The summed E-state index contributed by atoms with van der Waals surface area (Å²) in [5.74, 6) is -0.180. The zero-order valence-corrected chi connectivity index (χ0v) is 18.4. The van der Waals surface area contributed by atoms with Crippen LogP contribution >= 0.6 is 0 Å². The standard InChI is InChI=1S/C28H30FN3/c29-25-14-12-23(13-15-25)28(22-7-2-1-3-8-22)32-19-17-31(18-20-32)16-6-9-24-21-30-27-11-5-4-10-26(24)27/h1-5,7-8,10-15,21,28,30H,6,9,16-20H2/t28-/m0/s1. The van der Waals surface area contributed by atoms with E-state index in [0.29, 0.717) is 0 Å². The van der Waals surface area contributed by atoms with E-state index >= 15 is 0 Å². The molecule has 1 saturated heterocycles. The van der Waals surface area contributed by atoms with Crippen molar-refractivity contribution >= 4 is 10.9 Å². The summed E-state index contributed by atoms with van der Waals surface area (Å²) >= 11 is 0. The minimum Gasteiger partial charge on any atom is -0.361 e. The molecule has 0 aliphatic carbocycles. The number of rotatable bonds is 7. The van der Waals surface area contributed by atoms with Crippen molar-refractivity contribution in [3.63, 3.8) is 0 Å². The van der Waals surface area contributed by atoms with Crippen molar-refractivity contribution in [2.24, 2.45) is 0 Å². The van der Waals surface area contributed by atoms with Crippen LogP contribution in [0.2, 0.25) is 0 Å². The largest absolute Gasteiger partial charge is 0.361 e. The molecule has 2 heterocycles. The number of fused-ring (bicyclic) bond motifs is 1. The predicted octanol–water partition coefficient (Wildman–Crippen LogP) is 5.65. The smallest absolute Gasteiger partial charge is 0.123 e. The number of piperazine rings is 1. The average molecular weight is 428 g/mol. The van der Waals surface area contributed by atoms with Gasteiger partial charge in [-0.25, -0.2) is 4.39 Å². The van der Waals surface area contributed by atoms with Gasteiger partial charge < -0.3 is 9.88 Å². The second kappa shape index (κ2) is 9.68. The Morgan fingerprint density at radius 2 is 1.47 bits per heavy atom. The average Bonchev–Trinajstić information content (AvgIpc) is 3.25. The maximum Gasteiger partial charge on any atom is 0.123 e. The fourth-order valence-corrected chi connectivity index (χ4v) is 4.97. The summed E-state index contributed by atoms with van der Waals surface area (Å²) in [5.41, 5.74) is 5.07. The highest BCUT2D eigenvalue weighted by atomic mass is 19.1. The topological polar surface area (TPSA) is 22.3 Å². The highest BCUT2D eigenvalue weighted by molar-refractivity contribution is 5.82. The van der Waals surface area contributed by atoms with Crippen molar-refractivity contribution in [2.75, 3.05) is 32.7 Å². The van der Waals surface area contributed by atoms with E-state index in [0.717, 1.165) is 44.7 Å². The molecule has 4 heteroatoms. The minimum atomic E-state index is -0.180. The van der Waals surface area contributed by atoms with Crippen LogP contribution < -0.4 is 0 Å². The number of para-hydroxylation sites is 1. The highest BCUT2D eigenvalue weighted by Crippen LogP contribution is 2.30. The van der Waals surface area contributed by atoms with Crippen LogP contribution in [-0.2, 0) is 6.42 Å². The third-order valence-electron chi connectivity index (χ3n) is 6.67. The van der Waals surface area contributed by atoms with E-state index in [-0.39, 0.29) is 11.9 Å². The quantitative estimate of drug-likeness (QED) is 0.412. The molecule has 32 heavy (non-hydrogen) atoms. The molecule has 164 valence electrons. The SMILES string of the molecule is Fc1ccc([C@H](c2ccccc2)N2CCN(CCCc3c[nH]c4ccccc34)CC2)cc1. The molecule has 1 aliphatic rings. The lowest BCUT2D eigenvalue weighted by Crippen LogP contribution is -2.48. The van der Waals surface area contributed by atoms with Crippen LogP contribution in [0.4, 0.5) is 4.39 Å². The fraction of sp³-hybridized carbons (Fsp3) is 0.286. The molecule has 1 aliphatic heterocycles. The Morgan fingerprint density at radius 1 is 0.781 bits per heavy atom. The van der Waals surface area contributed by atoms with E-state index in [1.807, 2.05) is 12.1 Å². The lowest BCUT2D eigenvalue weighted by atomic mass is 9.96. The van der Waals surface area contributed by atoms with E-state index < -0.39 is 0 Å². The van der Waals surface area contributed by atoms with Gasteiger partial charge in [0.2, 0.25) is 0 Å². The first-order valence-electron chi connectivity index (χ1n) is 11.6. The summed E-state index contributed by atoms with van der Waals surface area (Å²) in [6, 6.07) is 26.3. The number of nitrogens with zero attached hydrogens (tertiary/aromatic N) is 2. The predicted molar refractivity (Wildman–Crippen MR) is 129 cm³/mol. The zero-order chi connectivity index (χ0) is 21.8. The summed E-state index contributed by atoms with van der Waals surface area (Å²) in [6.07, 6.45) is 4.43. The van der Waals surface area contributed by atoms with Gasteiger partial charge in [0.1, 0.15) is 5.82 Å². The molecule has 0 radical (unpaired) electrons. The number of H-pyrrole nitrogens is 1. The molecule has 5 rings (SSSR count). The first-order valence-corrected chi connectivity index (χ1v) is 11.6. The molecular weight excluding hydrogens is 397 g/mol. The number of hydrogen-bond acceptors (Lipinski definition) is 2. The van der Waals surface area contributed by atoms with Crippen molar-refractivity contribution in [1.29, 1.82) is 0 Å². The molecule has 0 saturated carbocycles. The lowest BCUT2D eigenvalue weighted by molar-refractivity contribution is 0.109. The molecule has 0 spiro atoms. The number of nitrogens with one attached hydrogen (secondary N) is 1. The van der Waals surface area contributed by atoms with Gasteiger partial charge in [0.05, 0.1) is 6.04 Å². The van der Waals surface area contributed by atoms with Crippen LogP contribution in [0.3, 0.4) is 0 Å². The van der Waals surface area contributed by atoms with Gasteiger partial charge >= 0.3 is 0 Å². The van der Waals surface area contributed by atoms with Crippen molar-refractivity contribution in [3.05, 3.63) is 108 Å². The van der Waals surface area contributed by atoms with Gasteiger partial charge in [0, 0.05) is 43.3 Å². The molecule has 1 atom stereocenters. The van der Waals surface area contributed by atoms with Crippen molar-refractivity contribution < 1.29 is 4.39 Å². The number of aromatic nitrogens is 1. The Bertz CT molecular complexity index is 1130. The summed E-state index contributed by atoms with van der Waals surface area (Å²) in [6.45, 7) is 5.30. The Balaban J connectivity index is 1.20.